The zero-order valence-electron chi connectivity index (χ0n) is 9.20. The molecular weight excluding hydrogens is 284 g/mol. The van der Waals surface area contributed by atoms with E-state index in [1.165, 1.54) is 0 Å². The van der Waals surface area contributed by atoms with Gasteiger partial charge in [-0.1, -0.05) is 22.0 Å². The molecule has 1 aromatic rings. The fourth-order valence-electron chi connectivity index (χ4n) is 1.77. The average Bonchev–Trinajstić information content (AvgIpc) is 2.29. The van der Waals surface area contributed by atoms with Crippen molar-refractivity contribution in [1.82, 2.24) is 5.32 Å². The molecule has 0 aromatic heterocycles. The van der Waals surface area contributed by atoms with Crippen LogP contribution in [-0.2, 0) is 9.59 Å². The number of nitrogens with one attached hydrogen (secondary N) is 2. The third-order valence-corrected chi connectivity index (χ3v) is 3.22. The first-order valence-electron chi connectivity index (χ1n) is 5.48. The molecule has 0 saturated carbocycles. The fourth-order valence-corrected chi connectivity index (χ4v) is 2.17. The fraction of sp³-hybridized carbons (Fsp3) is 0.333. The molecule has 2 amide bonds. The normalized spacial score (nSPS) is 19.6. The predicted molar refractivity (Wildman–Crippen MR) is 68.5 cm³/mol. The minimum absolute atomic E-state index is 0.0245. The van der Waals surface area contributed by atoms with Gasteiger partial charge in [-0.2, -0.15) is 0 Å². The van der Waals surface area contributed by atoms with E-state index in [9.17, 15) is 9.59 Å². The molecule has 2 rings (SSSR count). The minimum atomic E-state index is -0.133. The first-order chi connectivity index (χ1) is 8.15. The summed E-state index contributed by atoms with van der Waals surface area (Å²) < 4.78 is 0.923. The Bertz CT molecular complexity index is 438. The molecule has 1 heterocycles. The van der Waals surface area contributed by atoms with Gasteiger partial charge in [0.25, 0.3) is 0 Å². The molecule has 4 nitrogen and oxygen atoms in total. The van der Waals surface area contributed by atoms with E-state index in [0.29, 0.717) is 19.4 Å². The molecule has 1 aliphatic heterocycles. The van der Waals surface area contributed by atoms with Crippen LogP contribution in [0.3, 0.4) is 0 Å². The van der Waals surface area contributed by atoms with E-state index in [1.54, 1.807) is 0 Å². The Morgan fingerprint density at radius 2 is 2.29 bits per heavy atom. The Hall–Kier alpha value is -1.36. The van der Waals surface area contributed by atoms with Gasteiger partial charge in [0, 0.05) is 23.1 Å². The van der Waals surface area contributed by atoms with Crippen molar-refractivity contribution < 1.29 is 9.59 Å². The van der Waals surface area contributed by atoms with Crippen molar-refractivity contribution in [2.24, 2.45) is 5.92 Å². The lowest BCUT2D eigenvalue weighted by Crippen LogP contribution is -2.40. The first kappa shape index (κ1) is 12.1. The van der Waals surface area contributed by atoms with E-state index in [4.69, 9.17) is 0 Å². The highest BCUT2D eigenvalue weighted by molar-refractivity contribution is 9.10. The third-order valence-electron chi connectivity index (χ3n) is 2.73. The Kier molecular flexibility index (Phi) is 3.78. The summed E-state index contributed by atoms with van der Waals surface area (Å²) in [5.41, 5.74) is 0.765. The number of piperidine rings is 1. The highest BCUT2D eigenvalue weighted by Crippen LogP contribution is 2.18. The lowest BCUT2D eigenvalue weighted by molar-refractivity contribution is -0.126. The third kappa shape index (κ3) is 3.30. The van der Waals surface area contributed by atoms with Crippen LogP contribution in [0.4, 0.5) is 5.69 Å². The molecule has 17 heavy (non-hydrogen) atoms. The maximum absolute atomic E-state index is 11.9. The monoisotopic (exact) mass is 296 g/mol. The quantitative estimate of drug-likeness (QED) is 0.876. The Morgan fingerprint density at radius 3 is 2.94 bits per heavy atom. The second-order valence-corrected chi connectivity index (χ2v) is 4.95. The summed E-state index contributed by atoms with van der Waals surface area (Å²) in [5.74, 6) is -0.147. The molecule has 1 unspecified atom stereocenters. The maximum atomic E-state index is 11.9. The number of rotatable bonds is 2. The maximum Gasteiger partial charge on any atom is 0.229 e. The van der Waals surface area contributed by atoms with Crippen LogP contribution in [0.15, 0.2) is 28.7 Å². The van der Waals surface area contributed by atoms with E-state index < -0.39 is 0 Å². The lowest BCUT2D eigenvalue weighted by atomic mass is 9.98. The zero-order chi connectivity index (χ0) is 12.3. The summed E-state index contributed by atoms with van der Waals surface area (Å²) in [5, 5.41) is 5.55. The molecule has 1 aliphatic rings. The molecule has 1 fully saturated rings. The Labute approximate surface area is 108 Å². The molecule has 1 saturated heterocycles. The number of hydrogen-bond acceptors (Lipinski definition) is 2. The van der Waals surface area contributed by atoms with Crippen molar-refractivity contribution in [1.29, 1.82) is 0 Å². The summed E-state index contributed by atoms with van der Waals surface area (Å²) >= 11 is 3.35. The molecule has 2 N–H and O–H groups in total. The van der Waals surface area contributed by atoms with Crippen LogP contribution < -0.4 is 10.6 Å². The van der Waals surface area contributed by atoms with Gasteiger partial charge < -0.3 is 10.6 Å². The summed E-state index contributed by atoms with van der Waals surface area (Å²) in [6.45, 7) is 0.429. The van der Waals surface area contributed by atoms with Crippen LogP contribution in [0.25, 0.3) is 0 Å². The standard InChI is InChI=1S/C12H13BrN2O2/c13-9-2-1-3-10(6-9)15-12(17)8-4-5-11(16)14-7-8/h1-3,6,8H,4-5,7H2,(H,14,16)(H,15,17). The Balaban J connectivity index is 1.95. The molecule has 0 aliphatic carbocycles. The molecule has 0 radical (unpaired) electrons. The van der Waals surface area contributed by atoms with Gasteiger partial charge in [0.2, 0.25) is 11.8 Å². The van der Waals surface area contributed by atoms with Gasteiger partial charge in [-0.25, -0.2) is 0 Å². The molecule has 0 bridgehead atoms. The first-order valence-corrected chi connectivity index (χ1v) is 6.27. The Morgan fingerprint density at radius 1 is 1.47 bits per heavy atom. The molecule has 5 heteroatoms. The minimum Gasteiger partial charge on any atom is -0.355 e. The number of halogens is 1. The number of carbonyl (C=O) groups excluding carboxylic acids is 2. The van der Waals surface area contributed by atoms with Crippen molar-refractivity contribution in [2.75, 3.05) is 11.9 Å². The highest BCUT2D eigenvalue weighted by Gasteiger charge is 2.24. The second-order valence-electron chi connectivity index (χ2n) is 4.04. The zero-order valence-corrected chi connectivity index (χ0v) is 10.8. The van der Waals surface area contributed by atoms with Gasteiger partial charge in [0.15, 0.2) is 0 Å². The van der Waals surface area contributed by atoms with Gasteiger partial charge in [-0.3, -0.25) is 9.59 Å². The van der Waals surface area contributed by atoms with Crippen LogP contribution >= 0.6 is 15.9 Å². The van der Waals surface area contributed by atoms with E-state index >= 15 is 0 Å². The van der Waals surface area contributed by atoms with E-state index in [2.05, 4.69) is 26.6 Å². The smallest absolute Gasteiger partial charge is 0.229 e. The highest BCUT2D eigenvalue weighted by atomic mass is 79.9. The van der Waals surface area contributed by atoms with Gasteiger partial charge in [0.1, 0.15) is 0 Å². The van der Waals surface area contributed by atoms with E-state index in [1.807, 2.05) is 24.3 Å². The van der Waals surface area contributed by atoms with Gasteiger partial charge in [0.05, 0.1) is 5.92 Å². The molecule has 1 atom stereocenters. The van der Waals surface area contributed by atoms with Crippen LogP contribution in [0.2, 0.25) is 0 Å². The lowest BCUT2D eigenvalue weighted by Gasteiger charge is -2.21. The van der Waals surface area contributed by atoms with Crippen LogP contribution in [0.5, 0.6) is 0 Å². The van der Waals surface area contributed by atoms with Gasteiger partial charge in [-0.15, -0.1) is 0 Å². The van der Waals surface area contributed by atoms with Crippen LogP contribution in [-0.4, -0.2) is 18.4 Å². The number of carbonyl (C=O) groups is 2. The molecular formula is C12H13BrN2O2. The van der Waals surface area contributed by atoms with Crippen molar-refractivity contribution >= 4 is 33.4 Å². The number of anilines is 1. The SMILES string of the molecule is O=C1CCC(C(=O)Nc2cccc(Br)c2)CN1. The summed E-state index contributed by atoms with van der Waals surface area (Å²) in [4.78, 5) is 22.9. The number of benzene rings is 1. The summed E-state index contributed by atoms with van der Waals surface area (Å²) in [6.07, 6.45) is 1.04. The van der Waals surface area contributed by atoms with Crippen LogP contribution in [0, 0.1) is 5.92 Å². The summed E-state index contributed by atoms with van der Waals surface area (Å²) in [7, 11) is 0. The van der Waals surface area contributed by atoms with Crippen molar-refractivity contribution in [2.45, 2.75) is 12.8 Å². The number of hydrogen-bond donors (Lipinski definition) is 2. The molecule has 90 valence electrons. The van der Waals surface area contributed by atoms with Gasteiger partial charge >= 0.3 is 0 Å². The second kappa shape index (κ2) is 5.31. The van der Waals surface area contributed by atoms with Crippen molar-refractivity contribution in [3.63, 3.8) is 0 Å². The number of amides is 2. The van der Waals surface area contributed by atoms with Crippen molar-refractivity contribution in [3.8, 4) is 0 Å². The summed E-state index contributed by atoms with van der Waals surface area (Å²) in [6, 6.07) is 7.45. The van der Waals surface area contributed by atoms with Crippen molar-refractivity contribution in [3.05, 3.63) is 28.7 Å². The van der Waals surface area contributed by atoms with E-state index in [0.717, 1.165) is 10.2 Å². The largest absolute Gasteiger partial charge is 0.355 e. The predicted octanol–water partition coefficient (Wildman–Crippen LogP) is 1.91. The average molecular weight is 297 g/mol. The van der Waals surface area contributed by atoms with Gasteiger partial charge in [-0.05, 0) is 24.6 Å². The molecule has 0 spiro atoms. The molecule has 1 aromatic carbocycles. The van der Waals surface area contributed by atoms with Crippen LogP contribution in [0.1, 0.15) is 12.8 Å². The van der Waals surface area contributed by atoms with E-state index in [-0.39, 0.29) is 17.7 Å². The topological polar surface area (TPSA) is 58.2 Å².